The lowest BCUT2D eigenvalue weighted by molar-refractivity contribution is -0.144. The summed E-state index contributed by atoms with van der Waals surface area (Å²) in [5.74, 6) is 2.10. The third kappa shape index (κ3) is 4.97. The number of aliphatic hydroxyl groups excluding tert-OH is 1. The summed E-state index contributed by atoms with van der Waals surface area (Å²) in [5.41, 5.74) is 0.985. The average molecular weight is 495 g/mol. The van der Waals surface area contributed by atoms with E-state index in [0.717, 1.165) is 49.6 Å². The fourth-order valence-electron chi connectivity index (χ4n) is 6.30. The molecule has 9 heteroatoms. The number of carbonyl (C=O) groups excluding carboxylic acids is 2. The Morgan fingerprint density at radius 1 is 1.33 bits per heavy atom. The number of anilines is 1. The Morgan fingerprint density at radius 3 is 2.70 bits per heavy atom. The molecule has 1 aromatic rings. The molecule has 0 spiro atoms. The van der Waals surface area contributed by atoms with Crippen molar-refractivity contribution in [2.24, 2.45) is 23.2 Å². The molecule has 6 atom stereocenters. The number of nitrogens with zero attached hydrogens (tertiary/aromatic N) is 3. The molecular formula is C24H38N4O3S2. The van der Waals surface area contributed by atoms with E-state index in [-0.39, 0.29) is 40.9 Å². The topological polar surface area (TPSA) is 85.8 Å². The van der Waals surface area contributed by atoms with Crippen LogP contribution in [0.1, 0.15) is 50.1 Å². The summed E-state index contributed by atoms with van der Waals surface area (Å²) in [6.45, 7) is 8.42. The van der Waals surface area contributed by atoms with Crippen LogP contribution in [0.2, 0.25) is 0 Å². The first kappa shape index (κ1) is 24.9. The maximum Gasteiger partial charge on any atom is 0.240 e. The van der Waals surface area contributed by atoms with E-state index in [1.54, 1.807) is 11.3 Å². The second-order valence-corrected chi connectivity index (χ2v) is 13.0. The van der Waals surface area contributed by atoms with Crippen molar-refractivity contribution in [3.05, 3.63) is 10.6 Å². The minimum Gasteiger partial charge on any atom is -0.392 e. The quantitative estimate of drug-likeness (QED) is 0.655. The highest BCUT2D eigenvalue weighted by Crippen LogP contribution is 2.57. The van der Waals surface area contributed by atoms with Gasteiger partial charge in [0.2, 0.25) is 11.8 Å². The minimum absolute atomic E-state index is 0.0212. The first-order chi connectivity index (χ1) is 15.6. The summed E-state index contributed by atoms with van der Waals surface area (Å²) >= 11 is 3.48. The summed E-state index contributed by atoms with van der Waals surface area (Å²) in [7, 11) is 3.74. The lowest BCUT2D eigenvalue weighted by atomic mass is 9.53. The zero-order chi connectivity index (χ0) is 23.9. The zero-order valence-electron chi connectivity index (χ0n) is 20.5. The lowest BCUT2D eigenvalue weighted by Gasteiger charge is -2.53. The molecule has 33 heavy (non-hydrogen) atoms. The molecule has 2 fully saturated rings. The minimum atomic E-state index is -0.529. The van der Waals surface area contributed by atoms with E-state index in [4.69, 9.17) is 4.98 Å². The number of amides is 2. The predicted octanol–water partition coefficient (Wildman–Crippen LogP) is 2.91. The molecule has 2 amide bonds. The Balaban J connectivity index is 1.51. The van der Waals surface area contributed by atoms with E-state index in [1.165, 1.54) is 4.88 Å². The molecule has 0 radical (unpaired) electrons. The third-order valence-corrected chi connectivity index (χ3v) is 9.91. The molecule has 0 aromatic carbocycles. The SMILES string of the molecule is C[C@H](C(=O)N1CCSCC1)[C@H]1CC[C@]2(C)Cc3sc(NC(=O)CN(C)C)nc3[C@H](C)[C@@H]2[C@H]1O. The van der Waals surface area contributed by atoms with Gasteiger partial charge in [0.1, 0.15) is 0 Å². The standard InChI is InChI=1S/C24H38N4O3S2/c1-14(22(31)28-8-10-32-11-9-28)16-6-7-24(3)12-17-20(15(2)19(24)21(16)30)26-23(33-17)25-18(29)13-27(4)5/h14-16,19,21,30H,6-13H2,1-5H3,(H,25,26,29)/t14-,15+,16+,19+,21-,24+/m0/s1. The van der Waals surface area contributed by atoms with Gasteiger partial charge in [-0.1, -0.05) is 20.8 Å². The number of fused-ring (bicyclic) bond motifs is 2. The van der Waals surface area contributed by atoms with Crippen molar-refractivity contribution in [1.29, 1.82) is 0 Å². The number of hydrogen-bond acceptors (Lipinski definition) is 7. The Hall–Kier alpha value is -1.16. The maximum absolute atomic E-state index is 13.2. The highest BCUT2D eigenvalue weighted by atomic mass is 32.2. The number of thiazole rings is 1. The molecule has 2 aliphatic carbocycles. The van der Waals surface area contributed by atoms with Crippen molar-refractivity contribution >= 4 is 40.0 Å². The van der Waals surface area contributed by atoms with Crippen LogP contribution >= 0.6 is 23.1 Å². The molecular weight excluding hydrogens is 456 g/mol. The average Bonchev–Trinajstić information content (AvgIpc) is 3.14. The van der Waals surface area contributed by atoms with E-state index in [2.05, 4.69) is 19.2 Å². The molecule has 0 unspecified atom stereocenters. The van der Waals surface area contributed by atoms with Crippen LogP contribution in [0.15, 0.2) is 0 Å². The van der Waals surface area contributed by atoms with Gasteiger partial charge in [0.25, 0.3) is 0 Å². The first-order valence-electron chi connectivity index (χ1n) is 12.1. The van der Waals surface area contributed by atoms with Crippen LogP contribution in [0.3, 0.4) is 0 Å². The Labute approximate surface area is 205 Å². The van der Waals surface area contributed by atoms with Crippen LogP contribution in [0.4, 0.5) is 5.13 Å². The first-order valence-corrected chi connectivity index (χ1v) is 14.1. The number of thioether (sulfide) groups is 1. The van der Waals surface area contributed by atoms with E-state index in [0.29, 0.717) is 11.7 Å². The monoisotopic (exact) mass is 494 g/mol. The molecule has 1 saturated carbocycles. The normalized spacial score (nSPS) is 32.8. The van der Waals surface area contributed by atoms with Crippen molar-refractivity contribution in [3.63, 3.8) is 0 Å². The third-order valence-electron chi connectivity index (χ3n) is 7.98. The van der Waals surface area contributed by atoms with Crippen LogP contribution in [0, 0.1) is 23.2 Å². The van der Waals surface area contributed by atoms with Gasteiger partial charge in [0, 0.05) is 41.3 Å². The van der Waals surface area contributed by atoms with E-state index in [9.17, 15) is 14.7 Å². The van der Waals surface area contributed by atoms with Crippen molar-refractivity contribution in [1.82, 2.24) is 14.8 Å². The number of nitrogens with one attached hydrogen (secondary N) is 1. The Kier molecular flexibility index (Phi) is 7.44. The Bertz CT molecular complexity index is 885. The van der Waals surface area contributed by atoms with Crippen molar-refractivity contribution in [3.8, 4) is 0 Å². The van der Waals surface area contributed by atoms with E-state index < -0.39 is 6.10 Å². The van der Waals surface area contributed by atoms with Gasteiger partial charge in [-0.25, -0.2) is 4.98 Å². The zero-order valence-corrected chi connectivity index (χ0v) is 22.1. The smallest absolute Gasteiger partial charge is 0.240 e. The van der Waals surface area contributed by atoms with E-state index in [1.807, 2.05) is 42.6 Å². The van der Waals surface area contributed by atoms with Gasteiger partial charge < -0.3 is 20.2 Å². The second kappa shape index (κ2) is 9.84. The summed E-state index contributed by atoms with van der Waals surface area (Å²) < 4.78 is 0. The molecule has 2 heterocycles. The van der Waals surface area contributed by atoms with Gasteiger partial charge in [-0.3, -0.25) is 9.59 Å². The highest BCUT2D eigenvalue weighted by molar-refractivity contribution is 7.99. The van der Waals surface area contributed by atoms with Gasteiger partial charge in [-0.05, 0) is 50.6 Å². The Morgan fingerprint density at radius 2 is 2.03 bits per heavy atom. The van der Waals surface area contributed by atoms with Crippen LogP contribution in [-0.4, -0.2) is 83.0 Å². The molecule has 184 valence electrons. The maximum atomic E-state index is 13.2. The fraction of sp³-hybridized carbons (Fsp3) is 0.792. The number of aliphatic hydroxyl groups is 1. The summed E-state index contributed by atoms with van der Waals surface area (Å²) in [4.78, 5) is 35.3. The van der Waals surface area contributed by atoms with Crippen LogP contribution < -0.4 is 5.32 Å². The molecule has 4 rings (SSSR count). The highest BCUT2D eigenvalue weighted by Gasteiger charge is 2.54. The number of hydrogen-bond donors (Lipinski definition) is 2. The van der Waals surface area contributed by atoms with Crippen molar-refractivity contribution < 1.29 is 14.7 Å². The van der Waals surface area contributed by atoms with E-state index >= 15 is 0 Å². The molecule has 7 nitrogen and oxygen atoms in total. The van der Waals surface area contributed by atoms with Gasteiger partial charge in [-0.15, -0.1) is 11.3 Å². The number of carbonyl (C=O) groups is 2. The fourth-order valence-corrected chi connectivity index (χ4v) is 8.48. The molecule has 3 aliphatic rings. The number of rotatable bonds is 5. The van der Waals surface area contributed by atoms with Gasteiger partial charge in [0.15, 0.2) is 5.13 Å². The van der Waals surface area contributed by atoms with Crippen LogP contribution in [0.25, 0.3) is 0 Å². The van der Waals surface area contributed by atoms with Gasteiger partial charge in [0.05, 0.1) is 18.3 Å². The molecule has 2 N–H and O–H groups in total. The molecule has 1 aromatic heterocycles. The molecule has 0 bridgehead atoms. The lowest BCUT2D eigenvalue weighted by Crippen LogP contribution is -2.54. The second-order valence-electron chi connectivity index (χ2n) is 10.7. The summed E-state index contributed by atoms with van der Waals surface area (Å²) in [6.07, 6.45) is 2.21. The summed E-state index contributed by atoms with van der Waals surface area (Å²) in [6, 6.07) is 0. The predicted molar refractivity (Wildman–Crippen MR) is 135 cm³/mol. The van der Waals surface area contributed by atoms with Gasteiger partial charge >= 0.3 is 0 Å². The van der Waals surface area contributed by atoms with Gasteiger partial charge in [-0.2, -0.15) is 11.8 Å². The van der Waals surface area contributed by atoms with Crippen molar-refractivity contribution in [2.75, 3.05) is 50.6 Å². The number of likely N-dealkylation sites (N-methyl/N-ethyl adjacent to an activating group) is 1. The number of aromatic nitrogens is 1. The van der Waals surface area contributed by atoms with Crippen LogP contribution in [-0.2, 0) is 16.0 Å². The van der Waals surface area contributed by atoms with Crippen molar-refractivity contribution in [2.45, 2.75) is 52.1 Å². The summed E-state index contributed by atoms with van der Waals surface area (Å²) in [5, 5.41) is 15.2. The molecule has 1 saturated heterocycles. The molecule has 1 aliphatic heterocycles. The largest absolute Gasteiger partial charge is 0.392 e. The van der Waals surface area contributed by atoms with Crippen LogP contribution in [0.5, 0.6) is 0 Å².